The Labute approximate surface area is 140 Å². The molecular formula is C18H20N2O4. The first-order chi connectivity index (χ1) is 11.6. The van der Waals surface area contributed by atoms with Crippen LogP contribution in [0.1, 0.15) is 24.2 Å². The van der Waals surface area contributed by atoms with Crippen LogP contribution in [0.5, 0.6) is 11.5 Å². The van der Waals surface area contributed by atoms with Crippen molar-refractivity contribution in [1.82, 2.24) is 5.32 Å². The summed E-state index contributed by atoms with van der Waals surface area (Å²) in [5, 5.41) is 5.32. The fraction of sp³-hybridized carbons (Fsp3) is 0.222. The zero-order valence-electron chi connectivity index (χ0n) is 13.7. The monoisotopic (exact) mass is 328 g/mol. The van der Waals surface area contributed by atoms with Crippen molar-refractivity contribution in [3.8, 4) is 11.5 Å². The second-order valence-corrected chi connectivity index (χ2v) is 4.83. The molecule has 0 spiro atoms. The first-order valence-corrected chi connectivity index (χ1v) is 7.73. The molecule has 0 atom stereocenters. The predicted octanol–water partition coefficient (Wildman–Crippen LogP) is 3.45. The van der Waals surface area contributed by atoms with E-state index >= 15 is 0 Å². The third-order valence-electron chi connectivity index (χ3n) is 3.06. The zero-order chi connectivity index (χ0) is 17.4. The van der Waals surface area contributed by atoms with E-state index in [0.29, 0.717) is 35.9 Å². The number of rotatable bonds is 6. The van der Waals surface area contributed by atoms with E-state index in [4.69, 9.17) is 9.47 Å². The van der Waals surface area contributed by atoms with Crippen LogP contribution in [0.4, 0.5) is 10.5 Å². The molecule has 6 nitrogen and oxygen atoms in total. The lowest BCUT2D eigenvalue weighted by Crippen LogP contribution is -2.24. The Bertz CT molecular complexity index is 701. The predicted molar refractivity (Wildman–Crippen MR) is 91.7 cm³/mol. The smallest absolute Gasteiger partial charge is 0.417 e. The minimum atomic E-state index is -0.632. The van der Waals surface area contributed by atoms with Gasteiger partial charge in [0.1, 0.15) is 11.5 Å². The van der Waals surface area contributed by atoms with Gasteiger partial charge in [0.15, 0.2) is 0 Å². The van der Waals surface area contributed by atoms with Gasteiger partial charge in [-0.1, -0.05) is 18.2 Å². The number of ether oxygens (including phenoxy) is 2. The maximum absolute atomic E-state index is 12.1. The van der Waals surface area contributed by atoms with Gasteiger partial charge in [-0.15, -0.1) is 0 Å². The molecule has 126 valence electrons. The van der Waals surface area contributed by atoms with Crippen LogP contribution in [0.25, 0.3) is 0 Å². The van der Waals surface area contributed by atoms with Gasteiger partial charge in [-0.3, -0.25) is 10.1 Å². The van der Waals surface area contributed by atoms with Crippen molar-refractivity contribution in [2.45, 2.75) is 13.8 Å². The van der Waals surface area contributed by atoms with E-state index in [9.17, 15) is 9.59 Å². The summed E-state index contributed by atoms with van der Waals surface area (Å²) in [6, 6.07) is 13.6. The molecule has 2 amide bonds. The number of carbonyl (C=O) groups is 2. The number of benzene rings is 2. The number of nitrogens with one attached hydrogen (secondary N) is 2. The second-order valence-electron chi connectivity index (χ2n) is 4.83. The SMILES string of the molecule is CCNC(=O)c1cc(NC(=O)Oc2ccccc2)ccc1OCC. The van der Waals surface area contributed by atoms with Gasteiger partial charge in [0, 0.05) is 12.2 Å². The molecule has 0 saturated carbocycles. The number of carbonyl (C=O) groups excluding carboxylic acids is 2. The van der Waals surface area contributed by atoms with Gasteiger partial charge in [0.05, 0.1) is 12.2 Å². The Balaban J connectivity index is 2.13. The number of anilines is 1. The Morgan fingerprint density at radius 3 is 2.46 bits per heavy atom. The highest BCUT2D eigenvalue weighted by Crippen LogP contribution is 2.23. The van der Waals surface area contributed by atoms with E-state index in [-0.39, 0.29) is 5.91 Å². The van der Waals surface area contributed by atoms with E-state index < -0.39 is 6.09 Å². The molecule has 0 saturated heterocycles. The minimum absolute atomic E-state index is 0.263. The average molecular weight is 328 g/mol. The molecule has 0 radical (unpaired) electrons. The van der Waals surface area contributed by atoms with Crippen molar-refractivity contribution < 1.29 is 19.1 Å². The van der Waals surface area contributed by atoms with Crippen LogP contribution >= 0.6 is 0 Å². The van der Waals surface area contributed by atoms with Crippen LogP contribution < -0.4 is 20.1 Å². The third-order valence-corrected chi connectivity index (χ3v) is 3.06. The normalized spacial score (nSPS) is 9.92. The molecule has 0 bridgehead atoms. The fourth-order valence-corrected chi connectivity index (χ4v) is 2.06. The second kappa shape index (κ2) is 8.57. The van der Waals surface area contributed by atoms with Crippen LogP contribution in [-0.2, 0) is 0 Å². The number of hydrogen-bond acceptors (Lipinski definition) is 4. The lowest BCUT2D eigenvalue weighted by Gasteiger charge is -2.12. The summed E-state index contributed by atoms with van der Waals surface area (Å²) in [4.78, 5) is 24.1. The average Bonchev–Trinajstić information content (AvgIpc) is 2.57. The molecule has 2 aromatic carbocycles. The summed E-state index contributed by atoms with van der Waals surface area (Å²) in [6.45, 7) is 4.61. The first-order valence-electron chi connectivity index (χ1n) is 7.73. The van der Waals surface area contributed by atoms with Crippen molar-refractivity contribution >= 4 is 17.7 Å². The molecule has 2 rings (SSSR count). The molecule has 0 aliphatic rings. The van der Waals surface area contributed by atoms with E-state index in [2.05, 4.69) is 10.6 Å². The topological polar surface area (TPSA) is 76.7 Å². The molecule has 0 aromatic heterocycles. The number of para-hydroxylation sites is 1. The van der Waals surface area contributed by atoms with Crippen LogP contribution in [0, 0.1) is 0 Å². The van der Waals surface area contributed by atoms with Crippen molar-refractivity contribution in [3.05, 3.63) is 54.1 Å². The molecule has 24 heavy (non-hydrogen) atoms. The molecule has 0 heterocycles. The Morgan fingerprint density at radius 1 is 1.04 bits per heavy atom. The van der Waals surface area contributed by atoms with Gasteiger partial charge in [0.25, 0.3) is 5.91 Å². The Kier molecular flexibility index (Phi) is 6.19. The lowest BCUT2D eigenvalue weighted by atomic mass is 10.1. The summed E-state index contributed by atoms with van der Waals surface area (Å²) in [6.07, 6.45) is -0.632. The lowest BCUT2D eigenvalue weighted by molar-refractivity contribution is 0.0952. The summed E-state index contributed by atoms with van der Waals surface area (Å²) in [7, 11) is 0. The van der Waals surface area contributed by atoms with E-state index in [1.54, 1.807) is 42.5 Å². The van der Waals surface area contributed by atoms with Crippen LogP contribution in [0.3, 0.4) is 0 Å². The maximum atomic E-state index is 12.1. The minimum Gasteiger partial charge on any atom is -0.493 e. The van der Waals surface area contributed by atoms with Gasteiger partial charge in [-0.05, 0) is 44.2 Å². The summed E-state index contributed by atoms with van der Waals surface area (Å²) in [5.74, 6) is 0.635. The third kappa shape index (κ3) is 4.74. The highest BCUT2D eigenvalue weighted by molar-refractivity contribution is 5.99. The fourth-order valence-electron chi connectivity index (χ4n) is 2.06. The molecule has 6 heteroatoms. The van der Waals surface area contributed by atoms with Gasteiger partial charge >= 0.3 is 6.09 Å². The van der Waals surface area contributed by atoms with Gasteiger partial charge in [-0.2, -0.15) is 0 Å². The summed E-state index contributed by atoms with van der Waals surface area (Å²) >= 11 is 0. The van der Waals surface area contributed by atoms with E-state index in [0.717, 1.165) is 0 Å². The van der Waals surface area contributed by atoms with E-state index in [1.807, 2.05) is 19.9 Å². The molecule has 0 unspecified atom stereocenters. The summed E-state index contributed by atoms with van der Waals surface area (Å²) < 4.78 is 10.6. The molecule has 0 aliphatic carbocycles. The standard InChI is InChI=1S/C18H20N2O4/c1-3-19-17(21)15-12-13(10-11-16(15)23-4-2)20-18(22)24-14-8-6-5-7-9-14/h5-12H,3-4H2,1-2H3,(H,19,21)(H,20,22). The largest absolute Gasteiger partial charge is 0.493 e. The highest BCUT2D eigenvalue weighted by Gasteiger charge is 2.14. The first kappa shape index (κ1) is 17.3. The molecular weight excluding hydrogens is 308 g/mol. The van der Waals surface area contributed by atoms with Crippen molar-refractivity contribution in [3.63, 3.8) is 0 Å². The van der Waals surface area contributed by atoms with Gasteiger partial charge in [0.2, 0.25) is 0 Å². The molecule has 2 aromatic rings. The number of hydrogen-bond donors (Lipinski definition) is 2. The molecule has 0 aliphatic heterocycles. The number of amides is 2. The highest BCUT2D eigenvalue weighted by atomic mass is 16.6. The quantitative estimate of drug-likeness (QED) is 0.851. The Hall–Kier alpha value is -3.02. The maximum Gasteiger partial charge on any atom is 0.417 e. The van der Waals surface area contributed by atoms with Crippen LogP contribution in [0.2, 0.25) is 0 Å². The Morgan fingerprint density at radius 2 is 1.79 bits per heavy atom. The molecule has 0 fully saturated rings. The summed E-state index contributed by atoms with van der Waals surface area (Å²) in [5.41, 5.74) is 0.803. The van der Waals surface area contributed by atoms with E-state index in [1.165, 1.54) is 0 Å². The van der Waals surface area contributed by atoms with Crippen molar-refractivity contribution in [2.24, 2.45) is 0 Å². The van der Waals surface area contributed by atoms with Crippen LogP contribution in [-0.4, -0.2) is 25.2 Å². The zero-order valence-corrected chi connectivity index (χ0v) is 13.7. The molecule has 2 N–H and O–H groups in total. The van der Waals surface area contributed by atoms with Gasteiger partial charge < -0.3 is 14.8 Å². The van der Waals surface area contributed by atoms with Crippen LogP contribution in [0.15, 0.2) is 48.5 Å². The van der Waals surface area contributed by atoms with Crippen molar-refractivity contribution in [1.29, 1.82) is 0 Å². The van der Waals surface area contributed by atoms with Crippen molar-refractivity contribution in [2.75, 3.05) is 18.5 Å². The van der Waals surface area contributed by atoms with Gasteiger partial charge in [-0.25, -0.2) is 4.79 Å².